The molecule has 2 aromatic heterocycles. The smallest absolute Gasteiger partial charge is 0.238 e. The summed E-state index contributed by atoms with van der Waals surface area (Å²) in [6.45, 7) is 9.43. The van der Waals surface area contributed by atoms with Crippen molar-refractivity contribution in [1.29, 1.82) is 0 Å². The number of aromatic nitrogens is 2. The van der Waals surface area contributed by atoms with E-state index in [9.17, 15) is 4.39 Å². The average molecular weight is 326 g/mol. The van der Waals surface area contributed by atoms with E-state index in [1.54, 1.807) is 12.3 Å². The second kappa shape index (κ2) is 6.63. The predicted molar refractivity (Wildman–Crippen MR) is 95.0 cm³/mol. The zero-order valence-electron chi connectivity index (χ0n) is 14.6. The maximum absolute atomic E-state index is 14.1. The Labute approximate surface area is 142 Å². The molecule has 0 aliphatic carbocycles. The van der Waals surface area contributed by atoms with Crippen LogP contribution in [-0.2, 0) is 6.54 Å². The van der Waals surface area contributed by atoms with Gasteiger partial charge in [-0.1, -0.05) is 32.0 Å². The minimum absolute atomic E-state index is 0.190. The minimum atomic E-state index is -0.190. The fourth-order valence-electron chi connectivity index (χ4n) is 2.91. The lowest BCUT2D eigenvalue weighted by Gasteiger charge is -2.13. The highest BCUT2D eigenvalue weighted by atomic mass is 19.1. The van der Waals surface area contributed by atoms with Crippen molar-refractivity contribution in [2.24, 2.45) is 5.92 Å². The van der Waals surface area contributed by atoms with Gasteiger partial charge in [0.05, 0.1) is 13.2 Å². The van der Waals surface area contributed by atoms with Gasteiger partial charge in [0.1, 0.15) is 11.3 Å². The Morgan fingerprint density at radius 1 is 1.17 bits per heavy atom. The van der Waals surface area contributed by atoms with Gasteiger partial charge in [-0.3, -0.25) is 0 Å². The van der Waals surface area contributed by atoms with Crippen molar-refractivity contribution in [1.82, 2.24) is 9.55 Å². The van der Waals surface area contributed by atoms with E-state index in [2.05, 4.69) is 37.2 Å². The largest absolute Gasteiger partial charge is 0.476 e. The SMILES string of the molecule is Cc1c(C)n(Cc2ccccc2F)c2c(OCC(C)C)nccc12. The molecule has 3 rings (SSSR count). The van der Waals surface area contributed by atoms with Crippen molar-refractivity contribution in [3.63, 3.8) is 0 Å². The topological polar surface area (TPSA) is 27.1 Å². The van der Waals surface area contributed by atoms with Gasteiger partial charge < -0.3 is 9.30 Å². The molecule has 1 aromatic carbocycles. The number of nitrogens with zero attached hydrogens (tertiary/aromatic N) is 2. The standard InChI is InChI=1S/C20H23FN2O/c1-13(2)12-24-20-19-17(9-10-22-20)14(3)15(4)23(19)11-16-7-5-6-8-18(16)21/h5-10,13H,11-12H2,1-4H3. The molecule has 0 unspecified atom stereocenters. The van der Waals surface area contributed by atoms with Crippen LogP contribution in [0.25, 0.3) is 10.9 Å². The van der Waals surface area contributed by atoms with E-state index < -0.39 is 0 Å². The summed E-state index contributed by atoms with van der Waals surface area (Å²) in [7, 11) is 0. The summed E-state index contributed by atoms with van der Waals surface area (Å²) in [4.78, 5) is 4.42. The molecule has 0 saturated carbocycles. The number of benzene rings is 1. The number of hydrogen-bond donors (Lipinski definition) is 0. The molecule has 0 aliphatic heterocycles. The lowest BCUT2D eigenvalue weighted by molar-refractivity contribution is 0.263. The molecule has 0 atom stereocenters. The van der Waals surface area contributed by atoms with Crippen molar-refractivity contribution < 1.29 is 9.13 Å². The molecule has 0 N–H and O–H groups in total. The highest BCUT2D eigenvalue weighted by Gasteiger charge is 2.17. The Bertz CT molecular complexity index is 867. The van der Waals surface area contributed by atoms with Crippen molar-refractivity contribution >= 4 is 10.9 Å². The zero-order chi connectivity index (χ0) is 17.3. The molecule has 0 fully saturated rings. The van der Waals surface area contributed by atoms with E-state index in [4.69, 9.17) is 4.74 Å². The Morgan fingerprint density at radius 3 is 2.62 bits per heavy atom. The molecular formula is C20H23FN2O. The highest BCUT2D eigenvalue weighted by Crippen LogP contribution is 2.32. The minimum Gasteiger partial charge on any atom is -0.476 e. The number of rotatable bonds is 5. The molecule has 0 saturated heterocycles. The number of fused-ring (bicyclic) bond motifs is 1. The first-order valence-electron chi connectivity index (χ1n) is 8.29. The normalized spacial score (nSPS) is 11.4. The number of pyridine rings is 1. The first-order chi connectivity index (χ1) is 11.5. The average Bonchev–Trinajstić information content (AvgIpc) is 2.80. The molecule has 3 aromatic rings. The zero-order valence-corrected chi connectivity index (χ0v) is 14.6. The third kappa shape index (κ3) is 3.01. The van der Waals surface area contributed by atoms with Crippen LogP contribution < -0.4 is 4.74 Å². The van der Waals surface area contributed by atoms with Gasteiger partial charge in [0.2, 0.25) is 5.88 Å². The Kier molecular flexibility index (Phi) is 4.56. The second-order valence-corrected chi connectivity index (χ2v) is 6.61. The maximum Gasteiger partial charge on any atom is 0.238 e. The van der Waals surface area contributed by atoms with Gasteiger partial charge >= 0.3 is 0 Å². The molecule has 0 amide bonds. The van der Waals surface area contributed by atoms with Crippen LogP contribution >= 0.6 is 0 Å². The van der Waals surface area contributed by atoms with Crippen LogP contribution in [0, 0.1) is 25.6 Å². The summed E-state index contributed by atoms with van der Waals surface area (Å²) in [5.41, 5.74) is 3.89. The summed E-state index contributed by atoms with van der Waals surface area (Å²) in [6, 6.07) is 8.89. The van der Waals surface area contributed by atoms with Crippen LogP contribution in [0.4, 0.5) is 4.39 Å². The molecule has 4 heteroatoms. The monoisotopic (exact) mass is 326 g/mol. The molecule has 3 nitrogen and oxygen atoms in total. The fourth-order valence-corrected chi connectivity index (χ4v) is 2.91. The van der Waals surface area contributed by atoms with E-state index >= 15 is 0 Å². The van der Waals surface area contributed by atoms with Gasteiger partial charge in [0, 0.05) is 22.8 Å². The van der Waals surface area contributed by atoms with Crippen LogP contribution in [0.5, 0.6) is 5.88 Å². The molecule has 126 valence electrons. The first-order valence-corrected chi connectivity index (χ1v) is 8.29. The van der Waals surface area contributed by atoms with Crippen LogP contribution in [0.3, 0.4) is 0 Å². The van der Waals surface area contributed by atoms with Gasteiger partial charge in [-0.15, -0.1) is 0 Å². The quantitative estimate of drug-likeness (QED) is 0.668. The molecule has 24 heavy (non-hydrogen) atoms. The third-order valence-electron chi connectivity index (χ3n) is 4.35. The molecule has 0 bridgehead atoms. The number of aryl methyl sites for hydroxylation is 1. The van der Waals surface area contributed by atoms with Gasteiger partial charge in [-0.05, 0) is 37.5 Å². The molecule has 0 radical (unpaired) electrons. The summed E-state index contributed by atoms with van der Waals surface area (Å²) in [6.07, 6.45) is 1.78. The first kappa shape index (κ1) is 16.5. The fraction of sp³-hybridized carbons (Fsp3) is 0.350. The number of hydrogen-bond acceptors (Lipinski definition) is 2. The van der Waals surface area contributed by atoms with E-state index in [1.807, 2.05) is 18.2 Å². The van der Waals surface area contributed by atoms with Crippen molar-refractivity contribution in [2.75, 3.05) is 6.61 Å². The van der Waals surface area contributed by atoms with Gasteiger partial charge in [0.25, 0.3) is 0 Å². The van der Waals surface area contributed by atoms with Crippen LogP contribution in [-0.4, -0.2) is 16.2 Å². The highest BCUT2D eigenvalue weighted by molar-refractivity contribution is 5.89. The summed E-state index contributed by atoms with van der Waals surface area (Å²) in [5, 5.41) is 1.11. The van der Waals surface area contributed by atoms with Crippen LogP contribution in [0.1, 0.15) is 30.7 Å². The molecule has 2 heterocycles. The van der Waals surface area contributed by atoms with Crippen LogP contribution in [0.15, 0.2) is 36.5 Å². The predicted octanol–water partition coefficient (Wildman–Crippen LogP) is 4.88. The maximum atomic E-state index is 14.1. The molecular weight excluding hydrogens is 303 g/mol. The number of halogens is 1. The van der Waals surface area contributed by atoms with Crippen molar-refractivity contribution in [2.45, 2.75) is 34.2 Å². The number of ether oxygens (including phenoxy) is 1. The lowest BCUT2D eigenvalue weighted by atomic mass is 10.2. The van der Waals surface area contributed by atoms with Gasteiger partial charge in [0.15, 0.2) is 0 Å². The van der Waals surface area contributed by atoms with E-state index in [-0.39, 0.29) is 5.82 Å². The van der Waals surface area contributed by atoms with E-state index in [0.717, 1.165) is 16.6 Å². The summed E-state index contributed by atoms with van der Waals surface area (Å²) >= 11 is 0. The second-order valence-electron chi connectivity index (χ2n) is 6.61. The lowest BCUT2D eigenvalue weighted by Crippen LogP contribution is -2.09. The van der Waals surface area contributed by atoms with Crippen molar-refractivity contribution in [3.8, 4) is 5.88 Å². The Hall–Kier alpha value is -2.36. The Balaban J connectivity index is 2.12. The van der Waals surface area contributed by atoms with E-state index in [0.29, 0.717) is 30.5 Å². The summed E-state index contributed by atoms with van der Waals surface area (Å²) < 4.78 is 22.1. The molecule has 0 spiro atoms. The van der Waals surface area contributed by atoms with Crippen molar-refractivity contribution in [3.05, 3.63) is 59.2 Å². The Morgan fingerprint density at radius 2 is 1.92 bits per heavy atom. The van der Waals surface area contributed by atoms with Crippen LogP contribution in [0.2, 0.25) is 0 Å². The van der Waals surface area contributed by atoms with E-state index in [1.165, 1.54) is 11.6 Å². The van der Waals surface area contributed by atoms with Gasteiger partial charge in [-0.2, -0.15) is 0 Å². The third-order valence-corrected chi connectivity index (χ3v) is 4.35. The van der Waals surface area contributed by atoms with Gasteiger partial charge in [-0.25, -0.2) is 9.37 Å². The summed E-state index contributed by atoms with van der Waals surface area (Å²) in [5.74, 6) is 0.845. The molecule has 0 aliphatic rings.